The summed E-state index contributed by atoms with van der Waals surface area (Å²) in [5, 5.41) is 12.8. The molecule has 0 amide bonds. The molecular formula is C15H16N3O3+. The third-order valence-corrected chi connectivity index (χ3v) is 3.68. The van der Waals surface area contributed by atoms with Crippen molar-refractivity contribution in [1.82, 2.24) is 4.57 Å². The molecule has 0 bridgehead atoms. The van der Waals surface area contributed by atoms with Gasteiger partial charge < -0.3 is 9.94 Å². The van der Waals surface area contributed by atoms with Crippen LogP contribution in [-0.4, -0.2) is 35.0 Å². The Morgan fingerprint density at radius 1 is 1.33 bits per heavy atom. The second kappa shape index (κ2) is 5.14. The van der Waals surface area contributed by atoms with Crippen LogP contribution in [0.5, 0.6) is 0 Å². The number of carbonyl (C=O) groups is 1. The van der Waals surface area contributed by atoms with Crippen LogP contribution in [0.15, 0.2) is 35.7 Å². The van der Waals surface area contributed by atoms with E-state index in [1.807, 2.05) is 24.0 Å². The average Bonchev–Trinajstić information content (AvgIpc) is 2.83. The predicted molar refractivity (Wildman–Crippen MR) is 74.8 cm³/mol. The van der Waals surface area contributed by atoms with Crippen molar-refractivity contribution in [2.24, 2.45) is 12.2 Å². The topological polar surface area (TPSA) is 67.7 Å². The summed E-state index contributed by atoms with van der Waals surface area (Å²) in [4.78, 5) is 12.8. The number of aryl methyl sites for hydroxylation is 1. The van der Waals surface area contributed by atoms with Gasteiger partial charge in [-0.1, -0.05) is 29.4 Å². The number of benzene rings is 1. The number of methoxy groups -OCH3 is 1. The predicted octanol–water partition coefficient (Wildman–Crippen LogP) is 0.730. The third-order valence-electron chi connectivity index (χ3n) is 3.68. The molecule has 6 nitrogen and oxygen atoms in total. The van der Waals surface area contributed by atoms with Crippen LogP contribution in [0.4, 0.5) is 0 Å². The Bertz CT molecular complexity index is 747. The van der Waals surface area contributed by atoms with E-state index in [1.165, 1.54) is 0 Å². The Kier molecular flexibility index (Phi) is 3.31. The quantitative estimate of drug-likeness (QED) is 0.438. The Morgan fingerprint density at radius 2 is 2.05 bits per heavy atom. The van der Waals surface area contributed by atoms with Gasteiger partial charge in [-0.2, -0.15) is 0 Å². The largest absolute Gasteiger partial charge is 0.410 e. The lowest BCUT2D eigenvalue weighted by atomic mass is 9.89. The first kappa shape index (κ1) is 13.5. The van der Waals surface area contributed by atoms with E-state index in [4.69, 9.17) is 4.74 Å². The van der Waals surface area contributed by atoms with Gasteiger partial charge in [-0.15, -0.1) is 0 Å². The Morgan fingerprint density at radius 3 is 2.71 bits per heavy atom. The van der Waals surface area contributed by atoms with Gasteiger partial charge in [0.05, 0.1) is 13.7 Å². The highest BCUT2D eigenvalue weighted by atomic mass is 16.5. The van der Waals surface area contributed by atoms with E-state index < -0.39 is 0 Å². The number of aromatic nitrogens is 2. The molecule has 0 spiro atoms. The average molecular weight is 286 g/mol. The molecule has 0 unspecified atom stereocenters. The molecule has 3 rings (SSSR count). The molecule has 0 aliphatic heterocycles. The molecule has 0 fully saturated rings. The summed E-state index contributed by atoms with van der Waals surface area (Å²) in [7, 11) is 3.45. The fourth-order valence-electron chi connectivity index (χ4n) is 2.75. The van der Waals surface area contributed by atoms with E-state index in [1.54, 1.807) is 29.9 Å². The fraction of sp³-hybridized carbons (Fsp3) is 0.267. The lowest BCUT2D eigenvalue weighted by molar-refractivity contribution is -0.672. The number of nitrogens with zero attached hydrogens (tertiary/aromatic N) is 3. The van der Waals surface area contributed by atoms with Crippen LogP contribution in [0.2, 0.25) is 0 Å². The zero-order chi connectivity index (χ0) is 15.0. The van der Waals surface area contributed by atoms with Gasteiger partial charge >= 0.3 is 0 Å². The first-order valence-corrected chi connectivity index (χ1v) is 6.63. The molecule has 0 radical (unpaired) electrons. The highest BCUT2D eigenvalue weighted by molar-refractivity contribution is 6.28. The van der Waals surface area contributed by atoms with Crippen molar-refractivity contribution in [2.75, 3.05) is 13.7 Å². The number of oxime groups is 1. The van der Waals surface area contributed by atoms with Crippen LogP contribution in [0.3, 0.4) is 0 Å². The van der Waals surface area contributed by atoms with Crippen molar-refractivity contribution < 1.29 is 19.3 Å². The van der Waals surface area contributed by atoms with Crippen molar-refractivity contribution in [3.63, 3.8) is 0 Å². The number of hydrogen-bond acceptors (Lipinski definition) is 4. The molecule has 21 heavy (non-hydrogen) atoms. The van der Waals surface area contributed by atoms with Gasteiger partial charge in [0.15, 0.2) is 5.71 Å². The Hall–Kier alpha value is -2.47. The SMILES string of the molecule is COCCn1c[n+](C)c2c1C(=O)c1ccccc1C2=NO. The summed E-state index contributed by atoms with van der Waals surface area (Å²) < 4.78 is 8.72. The summed E-state index contributed by atoms with van der Waals surface area (Å²) in [5.74, 6) is -0.0651. The molecule has 0 saturated carbocycles. The lowest BCUT2D eigenvalue weighted by Gasteiger charge is -2.14. The fourth-order valence-corrected chi connectivity index (χ4v) is 2.75. The number of imidazole rings is 1. The lowest BCUT2D eigenvalue weighted by Crippen LogP contribution is -2.37. The second-order valence-corrected chi connectivity index (χ2v) is 4.93. The molecule has 1 aliphatic carbocycles. The normalized spacial score (nSPS) is 15.1. The second-order valence-electron chi connectivity index (χ2n) is 4.93. The Labute approximate surface area is 121 Å². The summed E-state index contributed by atoms with van der Waals surface area (Å²) in [5.41, 5.74) is 2.77. The standard InChI is InChI=1S/C15H15N3O3/c1-17-9-18(7-8-21-2)14-13(17)12(16-20)10-5-3-4-6-11(10)15(14)19/h3-6,9H,7-8H2,1-2H3/p+1. The van der Waals surface area contributed by atoms with E-state index in [2.05, 4.69) is 5.16 Å². The number of hydrogen-bond donors (Lipinski definition) is 1. The molecule has 1 aromatic carbocycles. The molecule has 1 aromatic heterocycles. The smallest absolute Gasteiger partial charge is 0.244 e. The molecule has 6 heteroatoms. The van der Waals surface area contributed by atoms with Gasteiger partial charge in [0.25, 0.3) is 0 Å². The van der Waals surface area contributed by atoms with E-state index in [0.29, 0.717) is 41.4 Å². The summed E-state index contributed by atoms with van der Waals surface area (Å²) in [6.07, 6.45) is 1.82. The van der Waals surface area contributed by atoms with Gasteiger partial charge in [0.1, 0.15) is 6.54 Å². The molecular weight excluding hydrogens is 270 g/mol. The monoisotopic (exact) mass is 286 g/mol. The summed E-state index contributed by atoms with van der Waals surface area (Å²) >= 11 is 0. The van der Waals surface area contributed by atoms with Crippen LogP contribution in [0, 0.1) is 0 Å². The van der Waals surface area contributed by atoms with E-state index in [0.717, 1.165) is 0 Å². The molecule has 0 atom stereocenters. The molecule has 2 aromatic rings. The molecule has 1 heterocycles. The maximum atomic E-state index is 12.8. The van der Waals surface area contributed by atoms with Crippen molar-refractivity contribution in [3.05, 3.63) is 53.1 Å². The summed E-state index contributed by atoms with van der Waals surface area (Å²) in [6, 6.07) is 7.17. The van der Waals surface area contributed by atoms with Crippen LogP contribution in [0.25, 0.3) is 0 Å². The molecule has 1 aliphatic rings. The first-order chi connectivity index (χ1) is 10.2. The van der Waals surface area contributed by atoms with Crippen molar-refractivity contribution in [2.45, 2.75) is 6.54 Å². The number of ether oxygens (including phenoxy) is 1. The summed E-state index contributed by atoms with van der Waals surface area (Å²) in [6.45, 7) is 1.06. The van der Waals surface area contributed by atoms with Gasteiger partial charge in [0.2, 0.25) is 23.5 Å². The Balaban J connectivity index is 2.23. The zero-order valence-corrected chi connectivity index (χ0v) is 11.9. The van der Waals surface area contributed by atoms with Crippen molar-refractivity contribution in [3.8, 4) is 0 Å². The zero-order valence-electron chi connectivity index (χ0n) is 11.9. The van der Waals surface area contributed by atoms with Crippen molar-refractivity contribution >= 4 is 11.5 Å². The van der Waals surface area contributed by atoms with E-state index >= 15 is 0 Å². The van der Waals surface area contributed by atoms with Crippen LogP contribution in [0.1, 0.15) is 27.3 Å². The highest BCUT2D eigenvalue weighted by Gasteiger charge is 2.39. The number of ketones is 1. The molecule has 0 saturated heterocycles. The van der Waals surface area contributed by atoms with E-state index in [-0.39, 0.29) is 5.78 Å². The molecule has 108 valence electrons. The minimum absolute atomic E-state index is 0.0651. The minimum atomic E-state index is -0.0651. The third kappa shape index (κ3) is 1.95. The maximum absolute atomic E-state index is 12.8. The van der Waals surface area contributed by atoms with Gasteiger partial charge in [0, 0.05) is 18.2 Å². The highest BCUT2D eigenvalue weighted by Crippen LogP contribution is 2.26. The van der Waals surface area contributed by atoms with Gasteiger partial charge in [-0.05, 0) is 0 Å². The number of rotatable bonds is 3. The number of fused-ring (bicyclic) bond motifs is 2. The number of carbonyl (C=O) groups excluding carboxylic acids is 1. The van der Waals surface area contributed by atoms with Crippen molar-refractivity contribution in [1.29, 1.82) is 0 Å². The van der Waals surface area contributed by atoms with Gasteiger partial charge in [-0.25, -0.2) is 9.13 Å². The van der Waals surface area contributed by atoms with Crippen LogP contribution >= 0.6 is 0 Å². The van der Waals surface area contributed by atoms with Gasteiger partial charge in [-0.3, -0.25) is 4.79 Å². The molecule has 1 N–H and O–H groups in total. The first-order valence-electron chi connectivity index (χ1n) is 6.63. The van der Waals surface area contributed by atoms with Crippen LogP contribution < -0.4 is 4.57 Å². The van der Waals surface area contributed by atoms with E-state index in [9.17, 15) is 10.0 Å². The minimum Gasteiger partial charge on any atom is -0.410 e. The maximum Gasteiger partial charge on any atom is 0.244 e. The van der Waals surface area contributed by atoms with Crippen LogP contribution in [-0.2, 0) is 18.3 Å².